The molecule has 1 aliphatic heterocycles. The highest BCUT2D eigenvalue weighted by Gasteiger charge is 2.19. The van der Waals surface area contributed by atoms with E-state index < -0.39 is 5.97 Å². The molecule has 0 aromatic carbocycles. The van der Waals surface area contributed by atoms with E-state index in [4.69, 9.17) is 0 Å². The smallest absolute Gasteiger partial charge is 0.0446 e. The van der Waals surface area contributed by atoms with Crippen molar-refractivity contribution in [1.82, 2.24) is 9.88 Å². The van der Waals surface area contributed by atoms with Gasteiger partial charge in [-0.25, -0.2) is 0 Å². The molecule has 4 nitrogen and oxygen atoms in total. The number of aliphatic carboxylic acids is 1. The van der Waals surface area contributed by atoms with Gasteiger partial charge in [0, 0.05) is 30.8 Å². The molecule has 2 heterocycles. The van der Waals surface area contributed by atoms with Gasteiger partial charge in [-0.05, 0) is 50.0 Å². The van der Waals surface area contributed by atoms with Crippen molar-refractivity contribution in [3.8, 4) is 0 Å². The molecule has 0 radical (unpaired) electrons. The van der Waals surface area contributed by atoms with Gasteiger partial charge in [0.1, 0.15) is 0 Å². The van der Waals surface area contributed by atoms with Crippen LogP contribution in [0, 0.1) is 5.92 Å². The molecule has 0 N–H and O–H groups in total. The van der Waals surface area contributed by atoms with E-state index in [2.05, 4.69) is 9.88 Å². The van der Waals surface area contributed by atoms with E-state index >= 15 is 0 Å². The quantitative estimate of drug-likeness (QED) is 0.739. The third-order valence-electron chi connectivity index (χ3n) is 3.39. The maximum absolute atomic E-state index is 10.7. The Morgan fingerprint density at radius 3 is 2.59 bits per heavy atom. The fourth-order valence-electron chi connectivity index (χ4n) is 2.23. The Labute approximate surface area is 101 Å². The summed E-state index contributed by atoms with van der Waals surface area (Å²) >= 11 is 0. The molecule has 1 aromatic rings. The van der Waals surface area contributed by atoms with E-state index in [1.807, 2.05) is 12.1 Å². The number of likely N-dealkylation sites (tertiary alicyclic amines) is 1. The summed E-state index contributed by atoms with van der Waals surface area (Å²) in [6.45, 7) is 2.72. The molecule has 2 rings (SSSR count). The molecule has 1 saturated heterocycles. The standard InChI is InChI=1S/C13H18N2O2/c16-13(17)12-4-9-15(10-5-12)8-3-11-1-6-14-7-2-11/h1-2,6-7,12H,3-5,8-10H2,(H,16,17)/p-1. The van der Waals surface area contributed by atoms with Gasteiger partial charge in [-0.3, -0.25) is 4.98 Å². The molecule has 0 aliphatic carbocycles. The van der Waals surface area contributed by atoms with Gasteiger partial charge >= 0.3 is 0 Å². The normalized spacial score (nSPS) is 18.1. The zero-order valence-corrected chi connectivity index (χ0v) is 9.84. The van der Waals surface area contributed by atoms with Crippen LogP contribution >= 0.6 is 0 Å². The van der Waals surface area contributed by atoms with Gasteiger partial charge in [0.05, 0.1) is 0 Å². The molecule has 4 heteroatoms. The number of carbonyl (C=O) groups is 1. The minimum absolute atomic E-state index is 0.243. The molecule has 0 bridgehead atoms. The second-order valence-corrected chi connectivity index (χ2v) is 4.54. The first-order valence-corrected chi connectivity index (χ1v) is 6.08. The lowest BCUT2D eigenvalue weighted by molar-refractivity contribution is -0.312. The van der Waals surface area contributed by atoms with Crippen molar-refractivity contribution in [2.75, 3.05) is 19.6 Å². The number of piperidine rings is 1. The molecule has 92 valence electrons. The second kappa shape index (κ2) is 5.77. The maximum Gasteiger partial charge on any atom is 0.0446 e. The minimum Gasteiger partial charge on any atom is -0.550 e. The fraction of sp³-hybridized carbons (Fsp3) is 0.538. The predicted molar refractivity (Wildman–Crippen MR) is 62.1 cm³/mol. The first kappa shape index (κ1) is 12.0. The van der Waals surface area contributed by atoms with E-state index in [1.165, 1.54) is 5.56 Å². The summed E-state index contributed by atoms with van der Waals surface area (Å²) in [7, 11) is 0. The van der Waals surface area contributed by atoms with Crippen LogP contribution in [0.2, 0.25) is 0 Å². The Morgan fingerprint density at radius 1 is 1.35 bits per heavy atom. The van der Waals surface area contributed by atoms with Gasteiger partial charge in [-0.1, -0.05) is 0 Å². The second-order valence-electron chi connectivity index (χ2n) is 4.54. The molecule has 0 spiro atoms. The van der Waals surface area contributed by atoms with Crippen molar-refractivity contribution >= 4 is 5.97 Å². The summed E-state index contributed by atoms with van der Waals surface area (Å²) in [5.41, 5.74) is 1.28. The number of rotatable bonds is 4. The van der Waals surface area contributed by atoms with Crippen molar-refractivity contribution in [2.24, 2.45) is 5.92 Å². The molecule has 0 amide bonds. The van der Waals surface area contributed by atoms with Crippen molar-refractivity contribution in [3.05, 3.63) is 30.1 Å². The van der Waals surface area contributed by atoms with Gasteiger partial charge in [0.15, 0.2) is 0 Å². The lowest BCUT2D eigenvalue weighted by Gasteiger charge is -2.32. The lowest BCUT2D eigenvalue weighted by Crippen LogP contribution is -2.41. The first-order chi connectivity index (χ1) is 8.25. The highest BCUT2D eigenvalue weighted by Crippen LogP contribution is 2.16. The van der Waals surface area contributed by atoms with E-state index in [0.29, 0.717) is 0 Å². The summed E-state index contributed by atoms with van der Waals surface area (Å²) in [6, 6.07) is 4.04. The number of hydrogen-bond donors (Lipinski definition) is 0. The zero-order chi connectivity index (χ0) is 12.1. The van der Waals surface area contributed by atoms with Gasteiger partial charge in [-0.2, -0.15) is 0 Å². The highest BCUT2D eigenvalue weighted by molar-refractivity contribution is 5.67. The summed E-state index contributed by atoms with van der Waals surface area (Å²) < 4.78 is 0. The van der Waals surface area contributed by atoms with Crippen LogP contribution in [0.15, 0.2) is 24.5 Å². The van der Waals surface area contributed by atoms with Crippen LogP contribution in [0.25, 0.3) is 0 Å². The Balaban J connectivity index is 1.74. The van der Waals surface area contributed by atoms with Crippen LogP contribution in [0.1, 0.15) is 18.4 Å². The zero-order valence-electron chi connectivity index (χ0n) is 9.84. The largest absolute Gasteiger partial charge is 0.550 e. The van der Waals surface area contributed by atoms with Crippen LogP contribution in [0.4, 0.5) is 0 Å². The SMILES string of the molecule is O=C([O-])C1CCN(CCc2ccncc2)CC1. The van der Waals surface area contributed by atoms with Gasteiger partial charge in [0.25, 0.3) is 0 Å². The molecule has 1 aromatic heterocycles. The Hall–Kier alpha value is -1.42. The Morgan fingerprint density at radius 2 is 2.00 bits per heavy atom. The number of hydrogen-bond acceptors (Lipinski definition) is 4. The Bertz CT molecular complexity index is 359. The molecule has 1 fully saturated rings. The Kier molecular flexibility index (Phi) is 4.09. The van der Waals surface area contributed by atoms with E-state index in [1.54, 1.807) is 12.4 Å². The third-order valence-corrected chi connectivity index (χ3v) is 3.39. The van der Waals surface area contributed by atoms with Gasteiger partial charge < -0.3 is 14.8 Å². The monoisotopic (exact) mass is 233 g/mol. The summed E-state index contributed by atoms with van der Waals surface area (Å²) in [6.07, 6.45) is 6.05. The molecule has 17 heavy (non-hydrogen) atoms. The third kappa shape index (κ3) is 3.53. The highest BCUT2D eigenvalue weighted by atomic mass is 16.4. The van der Waals surface area contributed by atoms with Crippen molar-refractivity contribution in [2.45, 2.75) is 19.3 Å². The van der Waals surface area contributed by atoms with Crippen molar-refractivity contribution < 1.29 is 9.90 Å². The molecular formula is C13H17N2O2-. The number of nitrogens with zero attached hydrogens (tertiary/aromatic N) is 2. The molecular weight excluding hydrogens is 216 g/mol. The van der Waals surface area contributed by atoms with Crippen molar-refractivity contribution in [3.63, 3.8) is 0 Å². The molecule has 1 aliphatic rings. The molecule has 0 atom stereocenters. The van der Waals surface area contributed by atoms with E-state index in [-0.39, 0.29) is 5.92 Å². The lowest BCUT2D eigenvalue weighted by atomic mass is 9.97. The van der Waals surface area contributed by atoms with Crippen LogP contribution < -0.4 is 5.11 Å². The van der Waals surface area contributed by atoms with Crippen LogP contribution in [0.5, 0.6) is 0 Å². The van der Waals surface area contributed by atoms with E-state index in [9.17, 15) is 9.90 Å². The first-order valence-electron chi connectivity index (χ1n) is 6.08. The number of carboxylic acids is 1. The van der Waals surface area contributed by atoms with Crippen molar-refractivity contribution in [1.29, 1.82) is 0 Å². The van der Waals surface area contributed by atoms with Gasteiger partial charge in [-0.15, -0.1) is 0 Å². The number of carbonyl (C=O) groups excluding carboxylic acids is 1. The number of pyridine rings is 1. The maximum atomic E-state index is 10.7. The van der Waals surface area contributed by atoms with Crippen LogP contribution in [0.3, 0.4) is 0 Å². The summed E-state index contributed by atoms with van der Waals surface area (Å²) in [4.78, 5) is 17.0. The summed E-state index contributed by atoms with van der Waals surface area (Å²) in [5, 5.41) is 10.7. The number of carboxylic acid groups (broad SMARTS) is 1. The predicted octanol–water partition coefficient (Wildman–Crippen LogP) is 0.0860. The summed E-state index contributed by atoms with van der Waals surface area (Å²) in [5.74, 6) is -1.13. The topological polar surface area (TPSA) is 56.3 Å². The van der Waals surface area contributed by atoms with Crippen LogP contribution in [-0.2, 0) is 11.2 Å². The average Bonchev–Trinajstić information content (AvgIpc) is 2.38. The fourth-order valence-corrected chi connectivity index (χ4v) is 2.23. The van der Waals surface area contributed by atoms with E-state index in [0.717, 1.165) is 38.9 Å². The number of aromatic nitrogens is 1. The average molecular weight is 233 g/mol. The molecule has 0 saturated carbocycles. The van der Waals surface area contributed by atoms with Crippen LogP contribution in [-0.4, -0.2) is 35.5 Å². The minimum atomic E-state index is -0.890. The molecule has 0 unspecified atom stereocenters. The van der Waals surface area contributed by atoms with Gasteiger partial charge in [0.2, 0.25) is 0 Å².